The lowest BCUT2D eigenvalue weighted by molar-refractivity contribution is -0.129. The van der Waals surface area contributed by atoms with Crippen LogP contribution in [0.15, 0.2) is 76.1 Å². The molecule has 0 atom stereocenters. The molecule has 3 aromatic rings. The standard InChI is InChI=1S/C27H30BrN3O5S/c1-20-8-10-21(11-9-20)31(37(33,34)22-12-13-25(35-2)23(28)18-22)19-27(32)30-16-14-29(15-17-30)24-6-4-5-7-26(24)36-3/h4-13,18H,14-17,19H2,1-3H3. The minimum absolute atomic E-state index is 0.0644. The molecule has 0 aliphatic carbocycles. The summed E-state index contributed by atoms with van der Waals surface area (Å²) >= 11 is 3.37. The van der Waals surface area contributed by atoms with Crippen LogP contribution >= 0.6 is 15.9 Å². The molecule has 1 saturated heterocycles. The Kier molecular flexibility index (Phi) is 8.29. The van der Waals surface area contributed by atoms with E-state index in [1.165, 1.54) is 23.5 Å². The Hall–Kier alpha value is -3.24. The molecule has 1 fully saturated rings. The maximum absolute atomic E-state index is 13.8. The average molecular weight is 589 g/mol. The lowest BCUT2D eigenvalue weighted by Gasteiger charge is -2.37. The van der Waals surface area contributed by atoms with E-state index in [4.69, 9.17) is 9.47 Å². The number of carbonyl (C=O) groups excluding carboxylic acids is 1. The Morgan fingerprint density at radius 1 is 0.919 bits per heavy atom. The Bertz CT molecular complexity index is 1360. The second-order valence-corrected chi connectivity index (χ2v) is 11.4. The Balaban J connectivity index is 1.55. The third-order valence-electron chi connectivity index (χ3n) is 6.37. The highest BCUT2D eigenvalue weighted by molar-refractivity contribution is 9.10. The molecule has 0 N–H and O–H groups in total. The Morgan fingerprint density at radius 2 is 1.57 bits per heavy atom. The Labute approximate surface area is 226 Å². The molecule has 0 spiro atoms. The van der Waals surface area contributed by atoms with Crippen molar-refractivity contribution in [2.24, 2.45) is 0 Å². The summed E-state index contributed by atoms with van der Waals surface area (Å²) in [5, 5.41) is 0. The van der Waals surface area contributed by atoms with Crippen molar-refractivity contribution in [1.82, 2.24) is 4.90 Å². The lowest BCUT2D eigenvalue weighted by atomic mass is 10.2. The molecular formula is C27H30BrN3O5S. The molecule has 3 aromatic carbocycles. The number of ether oxygens (including phenoxy) is 2. The summed E-state index contributed by atoms with van der Waals surface area (Å²) in [6.45, 7) is 3.82. The van der Waals surface area contributed by atoms with Crippen LogP contribution in [0.5, 0.6) is 11.5 Å². The van der Waals surface area contributed by atoms with Gasteiger partial charge < -0.3 is 19.3 Å². The van der Waals surface area contributed by atoms with Gasteiger partial charge in [-0.05, 0) is 65.3 Å². The van der Waals surface area contributed by atoms with Gasteiger partial charge in [0.2, 0.25) is 5.91 Å². The molecule has 0 saturated carbocycles. The molecule has 0 bridgehead atoms. The molecule has 0 unspecified atom stereocenters. The van der Waals surface area contributed by atoms with Gasteiger partial charge in [-0.2, -0.15) is 0 Å². The molecule has 4 rings (SSSR count). The van der Waals surface area contributed by atoms with Crippen molar-refractivity contribution >= 4 is 43.2 Å². The predicted octanol–water partition coefficient (Wildman–Crippen LogP) is 4.32. The first-order chi connectivity index (χ1) is 17.7. The van der Waals surface area contributed by atoms with Gasteiger partial charge in [-0.25, -0.2) is 8.42 Å². The second kappa shape index (κ2) is 11.4. The van der Waals surface area contributed by atoms with Crippen LogP contribution in [-0.2, 0) is 14.8 Å². The maximum Gasteiger partial charge on any atom is 0.264 e. The number of para-hydroxylation sites is 2. The zero-order valence-electron chi connectivity index (χ0n) is 21.1. The summed E-state index contributed by atoms with van der Waals surface area (Å²) in [5.41, 5.74) is 2.40. The SMILES string of the molecule is COc1ccc(S(=O)(=O)N(CC(=O)N2CCN(c3ccccc3OC)CC2)c2ccc(C)cc2)cc1Br. The molecule has 1 heterocycles. The number of rotatable bonds is 8. The second-order valence-electron chi connectivity index (χ2n) is 8.68. The number of carbonyl (C=O) groups is 1. The molecule has 37 heavy (non-hydrogen) atoms. The number of hydrogen-bond donors (Lipinski definition) is 0. The van der Waals surface area contributed by atoms with E-state index in [1.54, 1.807) is 30.2 Å². The van der Waals surface area contributed by atoms with Gasteiger partial charge in [0, 0.05) is 26.2 Å². The first-order valence-electron chi connectivity index (χ1n) is 11.8. The van der Waals surface area contributed by atoms with Crippen molar-refractivity contribution < 1.29 is 22.7 Å². The molecule has 1 aliphatic heterocycles. The van der Waals surface area contributed by atoms with E-state index in [-0.39, 0.29) is 17.3 Å². The van der Waals surface area contributed by atoms with Gasteiger partial charge in [-0.15, -0.1) is 0 Å². The number of hydrogen-bond acceptors (Lipinski definition) is 6. The fourth-order valence-electron chi connectivity index (χ4n) is 4.27. The van der Waals surface area contributed by atoms with E-state index < -0.39 is 10.0 Å². The zero-order chi connectivity index (χ0) is 26.6. The maximum atomic E-state index is 13.8. The van der Waals surface area contributed by atoms with Gasteiger partial charge >= 0.3 is 0 Å². The minimum atomic E-state index is -4.04. The van der Waals surface area contributed by atoms with Crippen molar-refractivity contribution in [2.45, 2.75) is 11.8 Å². The summed E-state index contributed by atoms with van der Waals surface area (Å²) < 4.78 is 39.9. The van der Waals surface area contributed by atoms with Crippen LogP contribution in [0.25, 0.3) is 0 Å². The molecular weight excluding hydrogens is 558 g/mol. The number of amides is 1. The monoisotopic (exact) mass is 587 g/mol. The molecule has 8 nitrogen and oxygen atoms in total. The highest BCUT2D eigenvalue weighted by Gasteiger charge is 2.31. The van der Waals surface area contributed by atoms with Gasteiger partial charge in [0.05, 0.1) is 35.0 Å². The van der Waals surface area contributed by atoms with Crippen LogP contribution < -0.4 is 18.7 Å². The van der Waals surface area contributed by atoms with Crippen LogP contribution in [0.1, 0.15) is 5.56 Å². The normalized spacial score (nSPS) is 13.8. The van der Waals surface area contributed by atoms with Gasteiger partial charge in [-0.3, -0.25) is 9.10 Å². The van der Waals surface area contributed by atoms with E-state index in [0.717, 1.165) is 17.0 Å². The third-order valence-corrected chi connectivity index (χ3v) is 8.76. The van der Waals surface area contributed by atoms with Crippen molar-refractivity contribution in [1.29, 1.82) is 0 Å². The zero-order valence-corrected chi connectivity index (χ0v) is 23.5. The van der Waals surface area contributed by atoms with Crippen LogP contribution in [0.2, 0.25) is 0 Å². The summed E-state index contributed by atoms with van der Waals surface area (Å²) in [7, 11) is -0.886. The van der Waals surface area contributed by atoms with E-state index in [9.17, 15) is 13.2 Å². The first-order valence-corrected chi connectivity index (χ1v) is 14.1. The van der Waals surface area contributed by atoms with Crippen LogP contribution in [0, 0.1) is 6.92 Å². The van der Waals surface area contributed by atoms with E-state index in [2.05, 4.69) is 20.8 Å². The summed E-state index contributed by atoms with van der Waals surface area (Å²) in [6.07, 6.45) is 0. The van der Waals surface area contributed by atoms with Gasteiger partial charge in [0.15, 0.2) is 0 Å². The van der Waals surface area contributed by atoms with Gasteiger partial charge in [0.1, 0.15) is 18.0 Å². The first kappa shape index (κ1) is 26.8. The quantitative estimate of drug-likeness (QED) is 0.390. The van der Waals surface area contributed by atoms with E-state index >= 15 is 0 Å². The highest BCUT2D eigenvalue weighted by atomic mass is 79.9. The summed E-state index contributed by atoms with van der Waals surface area (Å²) in [5.74, 6) is 1.05. The van der Waals surface area contributed by atoms with Crippen molar-refractivity contribution in [3.8, 4) is 11.5 Å². The summed E-state index contributed by atoms with van der Waals surface area (Å²) in [4.78, 5) is 17.4. The number of piperazine rings is 1. The predicted molar refractivity (Wildman–Crippen MR) is 148 cm³/mol. The molecule has 0 aromatic heterocycles. The number of sulfonamides is 1. The number of methoxy groups -OCH3 is 2. The molecule has 10 heteroatoms. The third kappa shape index (κ3) is 5.86. The summed E-state index contributed by atoms with van der Waals surface area (Å²) in [6, 6.07) is 19.4. The molecule has 1 amide bonds. The number of nitrogens with zero attached hydrogens (tertiary/aromatic N) is 3. The van der Waals surface area contributed by atoms with Gasteiger partial charge in [0.25, 0.3) is 10.0 Å². The lowest BCUT2D eigenvalue weighted by Crippen LogP contribution is -2.52. The number of benzene rings is 3. The fraction of sp³-hybridized carbons (Fsp3) is 0.296. The average Bonchev–Trinajstić information content (AvgIpc) is 2.92. The van der Waals surface area contributed by atoms with Crippen LogP contribution in [0.3, 0.4) is 0 Å². The minimum Gasteiger partial charge on any atom is -0.496 e. The van der Waals surface area contributed by atoms with E-state index in [0.29, 0.717) is 42.1 Å². The fourth-order valence-corrected chi connectivity index (χ4v) is 6.40. The molecule has 1 aliphatic rings. The number of anilines is 2. The van der Waals surface area contributed by atoms with E-state index in [1.807, 2.05) is 43.3 Å². The van der Waals surface area contributed by atoms with Gasteiger partial charge in [-0.1, -0.05) is 29.8 Å². The topological polar surface area (TPSA) is 79.4 Å². The Morgan fingerprint density at radius 3 is 2.19 bits per heavy atom. The molecule has 0 radical (unpaired) electrons. The van der Waals surface area contributed by atoms with Crippen LogP contribution in [-0.4, -0.2) is 66.2 Å². The smallest absolute Gasteiger partial charge is 0.264 e. The van der Waals surface area contributed by atoms with Crippen molar-refractivity contribution in [3.05, 3.63) is 76.8 Å². The van der Waals surface area contributed by atoms with Crippen LogP contribution in [0.4, 0.5) is 11.4 Å². The molecule has 196 valence electrons. The largest absolute Gasteiger partial charge is 0.496 e. The van der Waals surface area contributed by atoms with Crippen molar-refractivity contribution in [3.63, 3.8) is 0 Å². The van der Waals surface area contributed by atoms with Crippen molar-refractivity contribution in [2.75, 3.05) is 56.1 Å². The highest BCUT2D eigenvalue weighted by Crippen LogP contribution is 2.31. The number of aryl methyl sites for hydroxylation is 1. The number of halogens is 1.